The summed E-state index contributed by atoms with van der Waals surface area (Å²) in [5.41, 5.74) is 0. The lowest BCUT2D eigenvalue weighted by Crippen LogP contribution is -2.49. The van der Waals surface area contributed by atoms with E-state index in [1.165, 1.54) is 113 Å². The summed E-state index contributed by atoms with van der Waals surface area (Å²) in [6, 6.07) is 0. The lowest BCUT2D eigenvalue weighted by atomic mass is 10.2. The molecule has 0 aliphatic heterocycles. The minimum Gasteiger partial charge on any atom is -0.811 e. The fourth-order valence-electron chi connectivity index (χ4n) is 4.26. The Kier molecular flexibility index (Phi) is 28.1. The van der Waals surface area contributed by atoms with Crippen molar-refractivity contribution < 1.29 is 23.3 Å². The van der Waals surface area contributed by atoms with E-state index in [0.29, 0.717) is 6.42 Å². The first-order valence-corrected chi connectivity index (χ1v) is 16.5. The molecule has 0 spiro atoms. The Labute approximate surface area is 216 Å². The van der Waals surface area contributed by atoms with Crippen LogP contribution in [0.25, 0.3) is 0 Å². The molecule has 0 N–H and O–H groups in total. The molecule has 0 aromatic heterocycles. The summed E-state index contributed by atoms with van der Waals surface area (Å²) >= 11 is 0. The van der Waals surface area contributed by atoms with Crippen LogP contribution in [0.2, 0.25) is 0 Å². The van der Waals surface area contributed by atoms with Gasteiger partial charge >= 0.3 is 0 Å². The molecule has 5 nitrogen and oxygen atoms in total. The Bertz CT molecular complexity index is 399. The first-order valence-electron chi connectivity index (χ1n) is 14.8. The van der Waals surface area contributed by atoms with E-state index in [0.717, 1.165) is 6.42 Å². The van der Waals surface area contributed by atoms with Gasteiger partial charge in [0.1, 0.15) is 0 Å². The second-order valence-corrected chi connectivity index (χ2v) is 11.6. The van der Waals surface area contributed by atoms with Crippen molar-refractivity contribution in [1.29, 1.82) is 0 Å². The monoisotopic (exact) mass is 508 g/mol. The standard InChI is InChI=1S/2C12H28N.C4H11O3P/c2*1-5-9-11-13(7-3,8-4)12-10-6-2;1-2-3-4-8(5,6)7/h2*5-12H2,1-4H3;2-4H2,1H3,(H2,5,6,7)/q2*+1;/p-2. The predicted octanol–water partition coefficient (Wildman–Crippen LogP) is 6.59. The van der Waals surface area contributed by atoms with Crippen LogP contribution in [-0.2, 0) is 4.57 Å². The summed E-state index contributed by atoms with van der Waals surface area (Å²) in [6.45, 7) is 31.2. The molecule has 0 amide bonds. The quantitative estimate of drug-likeness (QED) is 0.146. The Hall–Kier alpha value is 0.0700. The van der Waals surface area contributed by atoms with Crippen molar-refractivity contribution in [3.05, 3.63) is 0 Å². The third-order valence-corrected chi connectivity index (χ3v) is 8.28. The SMILES string of the molecule is CCCCP(=O)([O-])[O-].CCCC[N+](CC)(CC)CCCC.CCCC[N+](CC)(CC)CCCC. The molecule has 0 heterocycles. The maximum atomic E-state index is 9.86. The van der Waals surface area contributed by atoms with Gasteiger partial charge in [-0.25, -0.2) is 0 Å². The van der Waals surface area contributed by atoms with E-state index in [9.17, 15) is 14.4 Å². The second-order valence-electron chi connectivity index (χ2n) is 9.94. The highest BCUT2D eigenvalue weighted by Crippen LogP contribution is 2.23. The molecule has 0 fully saturated rings. The molecular weight excluding hydrogens is 443 g/mol. The number of quaternary nitrogens is 2. The summed E-state index contributed by atoms with van der Waals surface area (Å²) in [5, 5.41) is 0. The predicted molar refractivity (Wildman–Crippen MR) is 149 cm³/mol. The molecule has 210 valence electrons. The number of nitrogens with zero attached hydrogens (tertiary/aromatic N) is 2. The summed E-state index contributed by atoms with van der Waals surface area (Å²) in [7, 11) is -4.18. The lowest BCUT2D eigenvalue weighted by Gasteiger charge is -2.37. The van der Waals surface area contributed by atoms with Gasteiger partial charge in [-0.3, -0.25) is 0 Å². The molecule has 0 aliphatic carbocycles. The van der Waals surface area contributed by atoms with E-state index in [2.05, 4.69) is 55.4 Å². The van der Waals surface area contributed by atoms with Crippen LogP contribution in [0.5, 0.6) is 0 Å². The van der Waals surface area contributed by atoms with Gasteiger partial charge in [-0.1, -0.05) is 74.3 Å². The van der Waals surface area contributed by atoms with Crippen molar-refractivity contribution >= 4 is 7.60 Å². The average molecular weight is 509 g/mol. The van der Waals surface area contributed by atoms with Crippen LogP contribution in [0, 0.1) is 0 Å². The van der Waals surface area contributed by atoms with Crippen LogP contribution >= 0.6 is 7.60 Å². The van der Waals surface area contributed by atoms with Crippen LogP contribution in [0.1, 0.15) is 127 Å². The molecule has 0 aromatic rings. The molecule has 0 saturated carbocycles. The van der Waals surface area contributed by atoms with Gasteiger partial charge in [-0.2, -0.15) is 0 Å². The molecule has 0 aromatic carbocycles. The molecule has 0 atom stereocenters. The van der Waals surface area contributed by atoms with Crippen LogP contribution < -0.4 is 9.79 Å². The third-order valence-electron chi connectivity index (χ3n) is 7.41. The smallest absolute Gasteiger partial charge is 0.0786 e. The molecule has 0 rings (SSSR count). The minimum absolute atomic E-state index is 0.191. The van der Waals surface area contributed by atoms with Crippen molar-refractivity contribution in [2.75, 3.05) is 58.5 Å². The van der Waals surface area contributed by atoms with Crippen molar-refractivity contribution in [3.8, 4) is 0 Å². The van der Waals surface area contributed by atoms with Crippen molar-refractivity contribution in [2.45, 2.75) is 127 Å². The Morgan fingerprint density at radius 1 is 0.471 bits per heavy atom. The van der Waals surface area contributed by atoms with Crippen molar-refractivity contribution in [3.63, 3.8) is 0 Å². The van der Waals surface area contributed by atoms with E-state index >= 15 is 0 Å². The van der Waals surface area contributed by atoms with Gasteiger partial charge in [0.25, 0.3) is 0 Å². The van der Waals surface area contributed by atoms with Crippen molar-refractivity contribution in [1.82, 2.24) is 0 Å². The van der Waals surface area contributed by atoms with E-state index < -0.39 is 7.60 Å². The molecule has 0 aliphatic rings. The molecular formula is C28H65N2O3P. The number of unbranched alkanes of at least 4 members (excludes halogenated alkanes) is 5. The minimum atomic E-state index is -4.18. The molecule has 0 saturated heterocycles. The second kappa shape index (κ2) is 24.8. The summed E-state index contributed by atoms with van der Waals surface area (Å²) < 4.78 is 12.6. The Morgan fingerprint density at radius 3 is 0.824 bits per heavy atom. The van der Waals surface area contributed by atoms with E-state index in [4.69, 9.17) is 0 Å². The molecule has 0 bridgehead atoms. The Balaban J connectivity index is -0.000000438. The fraction of sp³-hybridized carbons (Fsp3) is 1.00. The lowest BCUT2D eigenvalue weighted by molar-refractivity contribution is -0.925. The molecule has 0 radical (unpaired) electrons. The third kappa shape index (κ3) is 22.5. The van der Waals surface area contributed by atoms with E-state index in [1.54, 1.807) is 0 Å². The zero-order valence-electron chi connectivity index (χ0n) is 25.0. The normalized spacial score (nSPS) is 12.0. The first kappa shape index (κ1) is 38.6. The first-order chi connectivity index (χ1) is 16.0. The van der Waals surface area contributed by atoms with Crippen LogP contribution in [-0.4, -0.2) is 67.5 Å². The maximum Gasteiger partial charge on any atom is 0.0786 e. The van der Waals surface area contributed by atoms with Gasteiger partial charge < -0.3 is 23.3 Å². The zero-order valence-corrected chi connectivity index (χ0v) is 25.9. The average Bonchev–Trinajstić information content (AvgIpc) is 2.84. The van der Waals surface area contributed by atoms with E-state index in [-0.39, 0.29) is 6.16 Å². The van der Waals surface area contributed by atoms with Crippen molar-refractivity contribution in [2.24, 2.45) is 0 Å². The highest BCUT2D eigenvalue weighted by atomic mass is 31.2. The number of rotatable bonds is 19. The summed E-state index contributed by atoms with van der Waals surface area (Å²) in [4.78, 5) is 19.7. The highest BCUT2D eigenvalue weighted by Gasteiger charge is 2.21. The van der Waals surface area contributed by atoms with Gasteiger partial charge in [-0.15, -0.1) is 0 Å². The number of hydrogen-bond acceptors (Lipinski definition) is 3. The molecule has 0 unspecified atom stereocenters. The van der Waals surface area contributed by atoms with Gasteiger partial charge in [0.2, 0.25) is 0 Å². The maximum absolute atomic E-state index is 9.86. The van der Waals surface area contributed by atoms with Gasteiger partial charge in [0.05, 0.1) is 52.4 Å². The van der Waals surface area contributed by atoms with Gasteiger partial charge in [-0.05, 0) is 66.0 Å². The fourth-order valence-corrected chi connectivity index (χ4v) is 4.97. The van der Waals surface area contributed by atoms with Gasteiger partial charge in [0, 0.05) is 0 Å². The van der Waals surface area contributed by atoms with Gasteiger partial charge in [0.15, 0.2) is 0 Å². The van der Waals surface area contributed by atoms with Crippen LogP contribution in [0.15, 0.2) is 0 Å². The topological polar surface area (TPSA) is 63.2 Å². The van der Waals surface area contributed by atoms with E-state index in [1.807, 2.05) is 6.92 Å². The number of hydrogen-bond donors (Lipinski definition) is 0. The largest absolute Gasteiger partial charge is 0.811 e. The van der Waals surface area contributed by atoms with Crippen LogP contribution in [0.4, 0.5) is 0 Å². The summed E-state index contributed by atoms with van der Waals surface area (Å²) in [6.07, 6.45) is 12.0. The molecule has 6 heteroatoms. The molecule has 34 heavy (non-hydrogen) atoms. The highest BCUT2D eigenvalue weighted by molar-refractivity contribution is 7.48. The summed E-state index contributed by atoms with van der Waals surface area (Å²) in [5.74, 6) is 0. The Morgan fingerprint density at radius 2 is 0.706 bits per heavy atom. The zero-order chi connectivity index (χ0) is 26.9. The van der Waals surface area contributed by atoms with Crippen LogP contribution in [0.3, 0.4) is 0 Å².